The molecule has 0 aliphatic carbocycles. The van der Waals surface area contributed by atoms with Gasteiger partial charge in [-0.3, -0.25) is 9.36 Å². The number of methoxy groups -OCH3 is 1. The van der Waals surface area contributed by atoms with Crippen molar-refractivity contribution in [2.24, 2.45) is 5.14 Å². The summed E-state index contributed by atoms with van der Waals surface area (Å²) in [7, 11) is -2.21. The summed E-state index contributed by atoms with van der Waals surface area (Å²) in [4.78, 5) is 12.4. The van der Waals surface area contributed by atoms with Gasteiger partial charge in [-0.15, -0.1) is 10.2 Å². The fraction of sp³-hybridized carbons (Fsp3) is 0.0952. The Bertz CT molecular complexity index is 1350. The number of anilines is 1. The van der Waals surface area contributed by atoms with Gasteiger partial charge in [0.1, 0.15) is 5.75 Å². The predicted octanol–water partition coefficient (Wildman–Crippen LogP) is 2.91. The van der Waals surface area contributed by atoms with Crippen LogP contribution in [0.3, 0.4) is 0 Å². The van der Waals surface area contributed by atoms with E-state index in [1.807, 2.05) is 24.3 Å². The Hall–Kier alpha value is -3.61. The van der Waals surface area contributed by atoms with Crippen molar-refractivity contribution in [3.8, 4) is 23.0 Å². The summed E-state index contributed by atoms with van der Waals surface area (Å²) in [6.45, 7) is 0. The van der Waals surface area contributed by atoms with E-state index in [9.17, 15) is 13.2 Å². The second-order valence-electron chi connectivity index (χ2n) is 6.72. The normalized spacial score (nSPS) is 11.3. The standard InChI is InChI=1S/C21H19N5O5S2/c1-30-16-8-6-15(7-9-16)26-20(18-3-2-12-31-18)24-25-21(26)32-13-19(27)23-14-4-10-17(11-5-14)33(22,28)29/h2-12H,13H2,1H3,(H,23,27)(H2,22,28,29). The van der Waals surface area contributed by atoms with Crippen LogP contribution in [0.4, 0.5) is 5.69 Å². The van der Waals surface area contributed by atoms with E-state index >= 15 is 0 Å². The molecular formula is C21H19N5O5S2. The Morgan fingerprint density at radius 2 is 1.85 bits per heavy atom. The molecule has 0 unspecified atom stereocenters. The van der Waals surface area contributed by atoms with Crippen LogP contribution in [0.25, 0.3) is 17.3 Å². The third-order valence-corrected chi connectivity index (χ3v) is 6.36. The molecule has 0 bridgehead atoms. The van der Waals surface area contributed by atoms with Crippen molar-refractivity contribution in [2.45, 2.75) is 10.1 Å². The molecule has 2 aromatic heterocycles. The van der Waals surface area contributed by atoms with Gasteiger partial charge in [0.25, 0.3) is 0 Å². The molecule has 10 nitrogen and oxygen atoms in total. The maximum atomic E-state index is 12.5. The number of benzene rings is 2. The van der Waals surface area contributed by atoms with Crippen LogP contribution in [-0.2, 0) is 14.8 Å². The molecule has 0 aliphatic heterocycles. The molecule has 3 N–H and O–H groups in total. The van der Waals surface area contributed by atoms with Crippen LogP contribution in [0.5, 0.6) is 5.75 Å². The highest BCUT2D eigenvalue weighted by molar-refractivity contribution is 7.99. The molecule has 0 saturated heterocycles. The molecule has 12 heteroatoms. The van der Waals surface area contributed by atoms with Crippen LogP contribution in [0, 0.1) is 0 Å². The highest BCUT2D eigenvalue weighted by Crippen LogP contribution is 2.29. The number of sulfonamides is 1. The first-order valence-electron chi connectivity index (χ1n) is 9.54. The zero-order chi connectivity index (χ0) is 23.4. The molecule has 1 amide bonds. The van der Waals surface area contributed by atoms with Crippen molar-refractivity contribution in [2.75, 3.05) is 18.2 Å². The van der Waals surface area contributed by atoms with Crippen molar-refractivity contribution < 1.29 is 22.4 Å². The minimum atomic E-state index is -3.80. The number of nitrogens with zero attached hydrogens (tertiary/aromatic N) is 3. The number of hydrogen-bond acceptors (Lipinski definition) is 8. The number of aromatic nitrogens is 3. The van der Waals surface area contributed by atoms with Crippen molar-refractivity contribution in [1.82, 2.24) is 14.8 Å². The van der Waals surface area contributed by atoms with Gasteiger partial charge >= 0.3 is 0 Å². The number of thioether (sulfide) groups is 1. The molecule has 2 heterocycles. The van der Waals surface area contributed by atoms with Crippen LogP contribution in [0.1, 0.15) is 0 Å². The lowest BCUT2D eigenvalue weighted by Crippen LogP contribution is -2.15. The summed E-state index contributed by atoms with van der Waals surface area (Å²) in [6.07, 6.45) is 1.55. The topological polar surface area (TPSA) is 142 Å². The highest BCUT2D eigenvalue weighted by Gasteiger charge is 2.19. The number of nitrogens with two attached hydrogens (primary N) is 1. The van der Waals surface area contributed by atoms with Gasteiger partial charge in [0, 0.05) is 5.69 Å². The van der Waals surface area contributed by atoms with Gasteiger partial charge in [-0.1, -0.05) is 11.8 Å². The van der Waals surface area contributed by atoms with Crippen molar-refractivity contribution in [3.63, 3.8) is 0 Å². The zero-order valence-corrected chi connectivity index (χ0v) is 19.0. The molecule has 0 radical (unpaired) electrons. The minimum absolute atomic E-state index is 0.0343. The minimum Gasteiger partial charge on any atom is -0.497 e. The average molecular weight is 486 g/mol. The third kappa shape index (κ3) is 5.25. The number of nitrogens with one attached hydrogen (secondary N) is 1. The first kappa shape index (κ1) is 22.6. The maximum absolute atomic E-state index is 12.5. The van der Waals surface area contributed by atoms with Crippen LogP contribution in [0.2, 0.25) is 0 Å². The number of hydrogen-bond donors (Lipinski definition) is 2. The monoisotopic (exact) mass is 485 g/mol. The van der Waals surface area contributed by atoms with E-state index in [1.165, 1.54) is 36.0 Å². The summed E-state index contributed by atoms with van der Waals surface area (Å²) in [5.41, 5.74) is 1.22. The molecule has 0 atom stereocenters. The number of primary sulfonamides is 1. The van der Waals surface area contributed by atoms with Crippen molar-refractivity contribution >= 4 is 33.4 Å². The predicted molar refractivity (Wildman–Crippen MR) is 123 cm³/mol. The fourth-order valence-corrected chi connectivity index (χ4v) is 4.22. The van der Waals surface area contributed by atoms with Crippen LogP contribution < -0.4 is 15.2 Å². The highest BCUT2D eigenvalue weighted by atomic mass is 32.2. The Labute approximate surface area is 193 Å². The maximum Gasteiger partial charge on any atom is 0.238 e. The second-order valence-corrected chi connectivity index (χ2v) is 9.23. The van der Waals surface area contributed by atoms with Crippen LogP contribution in [0.15, 0.2) is 81.4 Å². The quantitative estimate of drug-likeness (QED) is 0.363. The number of furan rings is 1. The van der Waals surface area contributed by atoms with E-state index in [-0.39, 0.29) is 16.6 Å². The summed E-state index contributed by atoms with van der Waals surface area (Å²) in [5.74, 6) is 1.47. The van der Waals surface area contributed by atoms with E-state index in [1.54, 1.807) is 30.1 Å². The first-order chi connectivity index (χ1) is 15.8. The van der Waals surface area contributed by atoms with E-state index in [0.717, 1.165) is 5.69 Å². The van der Waals surface area contributed by atoms with Gasteiger partial charge in [-0.25, -0.2) is 13.6 Å². The van der Waals surface area contributed by atoms with Crippen molar-refractivity contribution in [1.29, 1.82) is 0 Å². The lowest BCUT2D eigenvalue weighted by Gasteiger charge is -2.10. The van der Waals surface area contributed by atoms with Crippen molar-refractivity contribution in [3.05, 3.63) is 66.9 Å². The summed E-state index contributed by atoms with van der Waals surface area (Å²) in [5, 5.41) is 16.8. The van der Waals surface area contributed by atoms with E-state index in [0.29, 0.717) is 28.2 Å². The second kappa shape index (κ2) is 9.48. The SMILES string of the molecule is COc1ccc(-n2c(SCC(=O)Nc3ccc(S(N)(=O)=O)cc3)nnc2-c2ccco2)cc1. The molecule has 0 aliphatic rings. The molecule has 4 aromatic rings. The average Bonchev–Trinajstić information content (AvgIpc) is 3.47. The number of carbonyl (C=O) groups excluding carboxylic acids is 1. The molecule has 4 rings (SSSR count). The lowest BCUT2D eigenvalue weighted by atomic mass is 10.3. The Morgan fingerprint density at radius 1 is 1.12 bits per heavy atom. The van der Waals surface area contributed by atoms with E-state index in [4.69, 9.17) is 14.3 Å². The first-order valence-corrected chi connectivity index (χ1v) is 12.1. The summed E-state index contributed by atoms with van der Waals surface area (Å²) in [6, 6.07) is 16.5. The Kier molecular flexibility index (Phi) is 6.49. The molecule has 0 saturated carbocycles. The van der Waals surface area contributed by atoms with Gasteiger partial charge < -0.3 is 14.5 Å². The van der Waals surface area contributed by atoms with Gasteiger partial charge in [-0.05, 0) is 60.7 Å². The number of amides is 1. The summed E-state index contributed by atoms with van der Waals surface area (Å²) < 4.78 is 35.2. The number of ether oxygens (including phenoxy) is 1. The Balaban J connectivity index is 1.52. The smallest absolute Gasteiger partial charge is 0.238 e. The fourth-order valence-electron chi connectivity index (χ4n) is 2.95. The van der Waals surface area contributed by atoms with Gasteiger partial charge in [0.05, 0.1) is 29.7 Å². The number of carbonyl (C=O) groups is 1. The molecule has 0 fully saturated rings. The molecule has 2 aromatic carbocycles. The van der Waals surface area contributed by atoms with Gasteiger partial charge in [-0.2, -0.15) is 0 Å². The zero-order valence-electron chi connectivity index (χ0n) is 17.3. The molecule has 33 heavy (non-hydrogen) atoms. The lowest BCUT2D eigenvalue weighted by molar-refractivity contribution is -0.113. The van der Waals surface area contributed by atoms with E-state index in [2.05, 4.69) is 15.5 Å². The third-order valence-electron chi connectivity index (χ3n) is 4.50. The Morgan fingerprint density at radius 3 is 2.45 bits per heavy atom. The van der Waals surface area contributed by atoms with Crippen LogP contribution in [-0.4, -0.2) is 42.0 Å². The van der Waals surface area contributed by atoms with Gasteiger partial charge in [0.2, 0.25) is 21.8 Å². The van der Waals surface area contributed by atoms with Gasteiger partial charge in [0.15, 0.2) is 10.9 Å². The summed E-state index contributed by atoms with van der Waals surface area (Å²) >= 11 is 1.19. The van der Waals surface area contributed by atoms with Crippen LogP contribution >= 0.6 is 11.8 Å². The molecular weight excluding hydrogens is 466 g/mol. The number of rotatable bonds is 8. The molecule has 0 spiro atoms. The van der Waals surface area contributed by atoms with E-state index < -0.39 is 10.0 Å². The largest absolute Gasteiger partial charge is 0.497 e. The molecule has 170 valence electrons.